The van der Waals surface area contributed by atoms with Crippen molar-refractivity contribution in [3.8, 4) is 11.5 Å². The van der Waals surface area contributed by atoms with E-state index in [1.165, 1.54) is 0 Å². The minimum atomic E-state index is -0.115. The lowest BCUT2D eigenvalue weighted by atomic mass is 10.2. The van der Waals surface area contributed by atoms with Crippen molar-refractivity contribution in [3.63, 3.8) is 0 Å². The molecule has 0 saturated carbocycles. The molecule has 1 heterocycles. The highest BCUT2D eigenvalue weighted by molar-refractivity contribution is 5.99. The van der Waals surface area contributed by atoms with Gasteiger partial charge in [0.2, 0.25) is 5.91 Å². The fraction of sp³-hybridized carbons (Fsp3) is 0.300. The van der Waals surface area contributed by atoms with Crippen molar-refractivity contribution in [2.75, 3.05) is 30.0 Å². The van der Waals surface area contributed by atoms with Gasteiger partial charge in [-0.15, -0.1) is 0 Å². The van der Waals surface area contributed by atoms with Gasteiger partial charge < -0.3 is 19.7 Å². The largest absolute Gasteiger partial charge is 0.492 e. The molecule has 6 heteroatoms. The molecule has 1 aliphatic heterocycles. The van der Waals surface area contributed by atoms with Crippen LogP contribution in [0.2, 0.25) is 0 Å². The number of anilines is 2. The van der Waals surface area contributed by atoms with Gasteiger partial charge in [0.25, 0.3) is 5.91 Å². The highest BCUT2D eigenvalue weighted by Gasteiger charge is 2.25. The van der Waals surface area contributed by atoms with E-state index in [1.807, 2.05) is 31.2 Å². The van der Waals surface area contributed by atoms with Gasteiger partial charge >= 0.3 is 0 Å². The lowest BCUT2D eigenvalue weighted by molar-refractivity contribution is -0.121. The van der Waals surface area contributed by atoms with Crippen LogP contribution in [0.1, 0.15) is 18.9 Å². The number of ether oxygens (including phenoxy) is 2. The number of hydrogen-bond acceptors (Lipinski definition) is 4. The summed E-state index contributed by atoms with van der Waals surface area (Å²) in [4.78, 5) is 25.4. The SMILES string of the molecule is CCC(=O)Nc1ccc2c(c1)OCC(=O)N2CCOc1cccc(C)c1. The van der Waals surface area contributed by atoms with Gasteiger partial charge in [-0.2, -0.15) is 0 Å². The van der Waals surface area contributed by atoms with E-state index < -0.39 is 0 Å². The molecule has 0 bridgehead atoms. The zero-order valence-electron chi connectivity index (χ0n) is 15.0. The third kappa shape index (κ3) is 4.14. The summed E-state index contributed by atoms with van der Waals surface area (Å²) in [5.41, 5.74) is 2.46. The molecule has 2 amide bonds. The molecule has 3 rings (SSSR count). The van der Waals surface area contributed by atoms with Gasteiger partial charge in [-0.1, -0.05) is 19.1 Å². The molecular formula is C20H22N2O4. The van der Waals surface area contributed by atoms with Crippen LogP contribution in [0.25, 0.3) is 0 Å². The summed E-state index contributed by atoms with van der Waals surface area (Å²) >= 11 is 0. The highest BCUT2D eigenvalue weighted by atomic mass is 16.5. The molecule has 2 aromatic carbocycles. The lowest BCUT2D eigenvalue weighted by Crippen LogP contribution is -2.41. The van der Waals surface area contributed by atoms with Gasteiger partial charge in [-0.25, -0.2) is 0 Å². The number of hydrogen-bond donors (Lipinski definition) is 1. The Hall–Kier alpha value is -3.02. The quantitative estimate of drug-likeness (QED) is 0.865. The molecule has 6 nitrogen and oxygen atoms in total. The maximum Gasteiger partial charge on any atom is 0.265 e. The van der Waals surface area contributed by atoms with E-state index in [2.05, 4.69) is 5.32 Å². The predicted octanol–water partition coefficient (Wildman–Crippen LogP) is 3.15. The third-order valence-corrected chi connectivity index (χ3v) is 4.08. The first-order chi connectivity index (χ1) is 12.6. The van der Waals surface area contributed by atoms with E-state index in [0.29, 0.717) is 36.7 Å². The normalized spacial score (nSPS) is 13.0. The van der Waals surface area contributed by atoms with Crippen LogP contribution >= 0.6 is 0 Å². The van der Waals surface area contributed by atoms with Crippen molar-refractivity contribution in [1.29, 1.82) is 0 Å². The fourth-order valence-electron chi connectivity index (χ4n) is 2.74. The van der Waals surface area contributed by atoms with E-state index >= 15 is 0 Å². The molecule has 136 valence electrons. The number of nitrogens with one attached hydrogen (secondary N) is 1. The number of nitrogens with zero attached hydrogens (tertiary/aromatic N) is 1. The number of fused-ring (bicyclic) bond motifs is 1. The molecule has 0 spiro atoms. The molecule has 0 aliphatic carbocycles. The molecule has 2 aromatic rings. The second-order valence-electron chi connectivity index (χ2n) is 6.08. The van der Waals surface area contributed by atoms with E-state index in [1.54, 1.807) is 30.0 Å². The summed E-state index contributed by atoms with van der Waals surface area (Å²) in [5, 5.41) is 2.79. The van der Waals surface area contributed by atoms with Crippen LogP contribution in [0, 0.1) is 6.92 Å². The van der Waals surface area contributed by atoms with Crippen LogP contribution < -0.4 is 19.7 Å². The summed E-state index contributed by atoms with van der Waals surface area (Å²) in [7, 11) is 0. The van der Waals surface area contributed by atoms with Gasteiger partial charge in [0.1, 0.15) is 18.1 Å². The Morgan fingerprint density at radius 2 is 2.12 bits per heavy atom. The van der Waals surface area contributed by atoms with Crippen molar-refractivity contribution in [1.82, 2.24) is 0 Å². The molecule has 0 atom stereocenters. The Balaban J connectivity index is 1.68. The van der Waals surface area contributed by atoms with Crippen molar-refractivity contribution >= 4 is 23.2 Å². The zero-order chi connectivity index (χ0) is 18.5. The smallest absolute Gasteiger partial charge is 0.265 e. The standard InChI is InChI=1S/C20H22N2O4/c1-3-19(23)21-15-7-8-17-18(12-15)26-13-20(24)22(17)9-10-25-16-6-4-5-14(2)11-16/h4-8,11-12H,3,9-10,13H2,1-2H3,(H,21,23). The molecule has 26 heavy (non-hydrogen) atoms. The second-order valence-corrected chi connectivity index (χ2v) is 6.08. The number of carbonyl (C=O) groups excluding carboxylic acids is 2. The lowest BCUT2D eigenvalue weighted by Gasteiger charge is -2.29. The highest BCUT2D eigenvalue weighted by Crippen LogP contribution is 2.34. The molecule has 0 radical (unpaired) electrons. The second kappa shape index (κ2) is 7.91. The summed E-state index contributed by atoms with van der Waals surface area (Å²) in [6.07, 6.45) is 0.402. The predicted molar refractivity (Wildman–Crippen MR) is 99.9 cm³/mol. The number of aryl methyl sites for hydroxylation is 1. The van der Waals surface area contributed by atoms with Gasteiger partial charge in [-0.05, 0) is 36.8 Å². The third-order valence-electron chi connectivity index (χ3n) is 4.08. The topological polar surface area (TPSA) is 67.9 Å². The molecule has 0 unspecified atom stereocenters. The number of carbonyl (C=O) groups is 2. The number of rotatable bonds is 6. The Labute approximate surface area is 152 Å². The molecule has 1 aliphatic rings. The maximum atomic E-state index is 12.2. The van der Waals surface area contributed by atoms with E-state index in [-0.39, 0.29) is 18.4 Å². The molecule has 0 aromatic heterocycles. The van der Waals surface area contributed by atoms with Crippen LogP contribution in [0.15, 0.2) is 42.5 Å². The van der Waals surface area contributed by atoms with Crippen molar-refractivity contribution in [2.45, 2.75) is 20.3 Å². The average Bonchev–Trinajstić information content (AvgIpc) is 2.63. The van der Waals surface area contributed by atoms with Crippen molar-refractivity contribution < 1.29 is 19.1 Å². The molecule has 0 fully saturated rings. The van der Waals surface area contributed by atoms with Crippen LogP contribution in [-0.2, 0) is 9.59 Å². The number of benzene rings is 2. The summed E-state index contributed by atoms with van der Waals surface area (Å²) < 4.78 is 11.3. The first-order valence-electron chi connectivity index (χ1n) is 8.63. The molecule has 0 saturated heterocycles. The summed E-state index contributed by atoms with van der Waals surface area (Å²) in [6.45, 7) is 4.57. The maximum absolute atomic E-state index is 12.2. The Bertz CT molecular complexity index is 819. The summed E-state index contributed by atoms with van der Waals surface area (Å²) in [6, 6.07) is 13.1. The Morgan fingerprint density at radius 1 is 1.27 bits per heavy atom. The number of amides is 2. The van der Waals surface area contributed by atoms with Crippen LogP contribution in [0.3, 0.4) is 0 Å². The van der Waals surface area contributed by atoms with Crippen LogP contribution in [0.4, 0.5) is 11.4 Å². The first-order valence-corrected chi connectivity index (χ1v) is 8.63. The van der Waals surface area contributed by atoms with Gasteiger partial charge in [-0.3, -0.25) is 9.59 Å². The minimum absolute atomic E-state index is 0.0252. The minimum Gasteiger partial charge on any atom is -0.492 e. The molecular weight excluding hydrogens is 332 g/mol. The van der Waals surface area contributed by atoms with E-state index in [9.17, 15) is 9.59 Å². The van der Waals surface area contributed by atoms with Crippen molar-refractivity contribution in [2.24, 2.45) is 0 Å². The van der Waals surface area contributed by atoms with Crippen molar-refractivity contribution in [3.05, 3.63) is 48.0 Å². The van der Waals surface area contributed by atoms with Crippen LogP contribution in [-0.4, -0.2) is 31.6 Å². The summed E-state index contributed by atoms with van der Waals surface area (Å²) in [5.74, 6) is 1.17. The van der Waals surface area contributed by atoms with E-state index in [0.717, 1.165) is 11.3 Å². The first kappa shape index (κ1) is 17.8. The Morgan fingerprint density at radius 3 is 2.88 bits per heavy atom. The van der Waals surface area contributed by atoms with Gasteiger partial charge in [0.15, 0.2) is 6.61 Å². The fourth-order valence-corrected chi connectivity index (χ4v) is 2.74. The van der Waals surface area contributed by atoms with E-state index in [4.69, 9.17) is 9.47 Å². The van der Waals surface area contributed by atoms with Crippen LogP contribution in [0.5, 0.6) is 11.5 Å². The monoisotopic (exact) mass is 354 g/mol. The van der Waals surface area contributed by atoms with Gasteiger partial charge in [0.05, 0.1) is 12.2 Å². The Kier molecular flexibility index (Phi) is 5.41. The zero-order valence-corrected chi connectivity index (χ0v) is 15.0. The molecule has 1 N–H and O–H groups in total. The van der Waals surface area contributed by atoms with Gasteiger partial charge in [0, 0.05) is 18.2 Å². The average molecular weight is 354 g/mol.